The number of piperidine rings is 1. The van der Waals surface area contributed by atoms with Crippen LogP contribution in [0.3, 0.4) is 0 Å². The number of rotatable bonds is 4. The molecule has 2 fully saturated rings. The lowest BCUT2D eigenvalue weighted by Gasteiger charge is -2.34. The molecule has 2 saturated heterocycles. The number of aryl methyl sites for hydroxylation is 1. The maximum Gasteiger partial charge on any atom is 0.319 e. The van der Waals surface area contributed by atoms with E-state index in [1.165, 1.54) is 11.8 Å². The molecule has 0 radical (unpaired) electrons. The summed E-state index contributed by atoms with van der Waals surface area (Å²) in [6.07, 6.45) is 3.56. The van der Waals surface area contributed by atoms with Crippen LogP contribution in [0.1, 0.15) is 31.4 Å². The maximum atomic E-state index is 12.7. The fourth-order valence-corrected chi connectivity index (χ4v) is 5.91. The highest BCUT2D eigenvalue weighted by Gasteiger charge is 2.30. The number of nitrogens with zero attached hydrogens (tertiary/aromatic N) is 3. The SMILES string of the molecule is Cc1csc(Sc2ccc(NC(=O)C3CCN(C(=O)N4CCCC4)CC3)cc2Cl)n1. The summed E-state index contributed by atoms with van der Waals surface area (Å²) in [5.74, 6) is -0.0889. The molecule has 0 aliphatic carbocycles. The number of carbonyl (C=O) groups is 2. The second-order valence-electron chi connectivity index (χ2n) is 7.73. The summed E-state index contributed by atoms with van der Waals surface area (Å²) in [7, 11) is 0. The van der Waals surface area contributed by atoms with Crippen LogP contribution in [-0.2, 0) is 4.79 Å². The van der Waals surface area contributed by atoms with Crippen molar-refractivity contribution in [2.24, 2.45) is 5.92 Å². The van der Waals surface area contributed by atoms with Gasteiger partial charge in [-0.3, -0.25) is 4.79 Å². The lowest BCUT2D eigenvalue weighted by molar-refractivity contribution is -0.121. The highest BCUT2D eigenvalue weighted by molar-refractivity contribution is 8.01. The van der Waals surface area contributed by atoms with Gasteiger partial charge in [-0.25, -0.2) is 9.78 Å². The van der Waals surface area contributed by atoms with Gasteiger partial charge in [0.2, 0.25) is 5.91 Å². The van der Waals surface area contributed by atoms with Crippen molar-refractivity contribution in [3.63, 3.8) is 0 Å². The molecule has 160 valence electrons. The van der Waals surface area contributed by atoms with E-state index in [2.05, 4.69) is 10.3 Å². The predicted molar refractivity (Wildman–Crippen MR) is 122 cm³/mol. The smallest absolute Gasteiger partial charge is 0.319 e. The standard InChI is InChI=1S/C21H25ClN4O2S2/c1-14-13-29-20(23-14)30-18-5-4-16(12-17(18)22)24-19(27)15-6-10-26(11-7-15)21(28)25-8-2-3-9-25/h4-5,12-13,15H,2-3,6-11H2,1H3,(H,24,27). The molecule has 1 N–H and O–H groups in total. The van der Waals surface area contributed by atoms with E-state index in [4.69, 9.17) is 11.6 Å². The Kier molecular flexibility index (Phi) is 6.85. The van der Waals surface area contributed by atoms with Crippen molar-refractivity contribution in [1.29, 1.82) is 0 Å². The molecule has 9 heteroatoms. The molecule has 2 aliphatic rings. The van der Waals surface area contributed by atoms with Crippen LogP contribution in [0.25, 0.3) is 0 Å². The summed E-state index contributed by atoms with van der Waals surface area (Å²) in [6.45, 7) is 4.95. The van der Waals surface area contributed by atoms with Gasteiger partial charge in [0, 0.05) is 53.8 Å². The molecule has 1 aromatic heterocycles. The third-order valence-corrected chi connectivity index (χ3v) is 8.06. The Balaban J connectivity index is 1.29. The van der Waals surface area contributed by atoms with Crippen LogP contribution < -0.4 is 5.32 Å². The molecule has 1 aromatic carbocycles. The first-order chi connectivity index (χ1) is 14.5. The van der Waals surface area contributed by atoms with Crippen LogP contribution >= 0.6 is 34.7 Å². The first kappa shape index (κ1) is 21.5. The Morgan fingerprint density at radius 2 is 1.87 bits per heavy atom. The van der Waals surface area contributed by atoms with Crippen LogP contribution in [0.5, 0.6) is 0 Å². The van der Waals surface area contributed by atoms with Gasteiger partial charge in [0.25, 0.3) is 0 Å². The first-order valence-corrected chi connectivity index (χ1v) is 12.3. The van der Waals surface area contributed by atoms with Crippen molar-refractivity contribution in [3.8, 4) is 0 Å². The van der Waals surface area contributed by atoms with E-state index in [-0.39, 0.29) is 17.9 Å². The highest BCUT2D eigenvalue weighted by Crippen LogP contribution is 2.36. The largest absolute Gasteiger partial charge is 0.326 e. The molecule has 0 unspecified atom stereocenters. The minimum atomic E-state index is -0.0845. The fraction of sp³-hybridized carbons (Fsp3) is 0.476. The fourth-order valence-electron chi connectivity index (χ4n) is 3.82. The van der Waals surface area contributed by atoms with Crippen molar-refractivity contribution in [3.05, 3.63) is 34.3 Å². The zero-order valence-electron chi connectivity index (χ0n) is 16.9. The Morgan fingerprint density at radius 3 is 2.50 bits per heavy atom. The van der Waals surface area contributed by atoms with Crippen LogP contribution in [0.4, 0.5) is 10.5 Å². The zero-order chi connectivity index (χ0) is 21.1. The number of thiazole rings is 1. The minimum Gasteiger partial charge on any atom is -0.326 e. The number of likely N-dealkylation sites (tertiary alicyclic amines) is 2. The number of carbonyl (C=O) groups excluding carboxylic acids is 2. The molecule has 2 aromatic rings. The van der Waals surface area contributed by atoms with Gasteiger partial charge < -0.3 is 15.1 Å². The second-order valence-corrected chi connectivity index (χ2v) is 10.3. The van der Waals surface area contributed by atoms with Gasteiger partial charge in [0.1, 0.15) is 0 Å². The van der Waals surface area contributed by atoms with Gasteiger partial charge in [0.05, 0.1) is 5.02 Å². The van der Waals surface area contributed by atoms with E-state index in [1.807, 2.05) is 34.2 Å². The Bertz CT molecular complexity index is 921. The van der Waals surface area contributed by atoms with Gasteiger partial charge in [-0.05, 0) is 50.8 Å². The number of amides is 3. The summed E-state index contributed by atoms with van der Waals surface area (Å²) >= 11 is 9.54. The highest BCUT2D eigenvalue weighted by atomic mass is 35.5. The third-order valence-electron chi connectivity index (χ3n) is 5.51. The van der Waals surface area contributed by atoms with E-state index >= 15 is 0 Å². The van der Waals surface area contributed by atoms with Gasteiger partial charge in [0.15, 0.2) is 4.34 Å². The molecule has 2 aliphatic heterocycles. The van der Waals surface area contributed by atoms with Crippen LogP contribution in [-0.4, -0.2) is 52.9 Å². The minimum absolute atomic E-state index is 0.00436. The topological polar surface area (TPSA) is 65.5 Å². The molecular weight excluding hydrogens is 440 g/mol. The molecule has 3 amide bonds. The van der Waals surface area contributed by atoms with Gasteiger partial charge in [-0.1, -0.05) is 23.4 Å². The first-order valence-electron chi connectivity index (χ1n) is 10.2. The van der Waals surface area contributed by atoms with Crippen molar-refractivity contribution < 1.29 is 9.59 Å². The number of hydrogen-bond acceptors (Lipinski definition) is 5. The monoisotopic (exact) mass is 464 g/mol. The Hall–Kier alpha value is -1.77. The summed E-state index contributed by atoms with van der Waals surface area (Å²) in [4.78, 5) is 34.4. The molecular formula is C21H25ClN4O2S2. The van der Waals surface area contributed by atoms with E-state index in [9.17, 15) is 9.59 Å². The van der Waals surface area contributed by atoms with E-state index in [1.54, 1.807) is 17.4 Å². The van der Waals surface area contributed by atoms with Crippen LogP contribution in [0.15, 0.2) is 32.8 Å². The van der Waals surface area contributed by atoms with Crippen LogP contribution in [0, 0.1) is 12.8 Å². The van der Waals surface area contributed by atoms with Crippen molar-refractivity contribution in [2.45, 2.75) is 41.8 Å². The summed E-state index contributed by atoms with van der Waals surface area (Å²) in [5, 5.41) is 5.59. The number of aromatic nitrogens is 1. The maximum absolute atomic E-state index is 12.7. The molecule has 0 bridgehead atoms. The summed E-state index contributed by atoms with van der Waals surface area (Å²) < 4.78 is 0.946. The molecule has 6 nitrogen and oxygen atoms in total. The number of halogens is 1. The normalized spacial score (nSPS) is 17.4. The molecule has 3 heterocycles. The van der Waals surface area contributed by atoms with Crippen molar-refractivity contribution in [2.75, 3.05) is 31.5 Å². The zero-order valence-corrected chi connectivity index (χ0v) is 19.3. The average Bonchev–Trinajstić information content (AvgIpc) is 3.41. The van der Waals surface area contributed by atoms with E-state index in [0.717, 1.165) is 40.9 Å². The number of hydrogen-bond donors (Lipinski definition) is 1. The van der Waals surface area contributed by atoms with Crippen LogP contribution in [0.2, 0.25) is 5.02 Å². The lowest BCUT2D eigenvalue weighted by atomic mass is 9.96. The number of nitrogens with one attached hydrogen (secondary N) is 1. The van der Waals surface area contributed by atoms with Gasteiger partial charge in [-0.15, -0.1) is 11.3 Å². The Morgan fingerprint density at radius 1 is 1.17 bits per heavy atom. The third kappa shape index (κ3) is 5.10. The average molecular weight is 465 g/mol. The number of anilines is 1. The molecule has 4 rings (SSSR count). The van der Waals surface area contributed by atoms with Crippen molar-refractivity contribution >= 4 is 52.3 Å². The predicted octanol–water partition coefficient (Wildman–Crippen LogP) is 5.12. The van der Waals surface area contributed by atoms with Gasteiger partial charge >= 0.3 is 6.03 Å². The summed E-state index contributed by atoms with van der Waals surface area (Å²) in [5.41, 5.74) is 1.69. The lowest BCUT2D eigenvalue weighted by Crippen LogP contribution is -2.47. The number of benzene rings is 1. The van der Waals surface area contributed by atoms with E-state index < -0.39 is 0 Å². The Labute approximate surface area is 190 Å². The molecule has 30 heavy (non-hydrogen) atoms. The molecule has 0 saturated carbocycles. The van der Waals surface area contributed by atoms with Crippen molar-refractivity contribution in [1.82, 2.24) is 14.8 Å². The number of urea groups is 1. The molecule has 0 spiro atoms. The van der Waals surface area contributed by atoms with E-state index in [0.29, 0.717) is 36.6 Å². The molecule has 0 atom stereocenters. The second kappa shape index (κ2) is 9.58. The summed E-state index contributed by atoms with van der Waals surface area (Å²) in [6, 6.07) is 5.70. The quantitative estimate of drug-likeness (QED) is 0.681. The van der Waals surface area contributed by atoms with Gasteiger partial charge in [-0.2, -0.15) is 0 Å².